The summed E-state index contributed by atoms with van der Waals surface area (Å²) in [6.07, 6.45) is 1.81. The Bertz CT molecular complexity index is 496. The minimum atomic E-state index is 0.0178. The first-order chi connectivity index (χ1) is 8.70. The molecule has 2 aromatic carbocycles. The van der Waals surface area contributed by atoms with Gasteiger partial charge in [-0.15, -0.1) is 0 Å². The van der Waals surface area contributed by atoms with Crippen molar-refractivity contribution in [1.29, 1.82) is 0 Å². The number of aliphatic hydroxyl groups excluding tert-OH is 1. The Morgan fingerprint density at radius 3 is 2.00 bits per heavy atom. The van der Waals surface area contributed by atoms with Gasteiger partial charge in [0.2, 0.25) is 0 Å². The normalized spacial score (nSPS) is 11.6. The van der Waals surface area contributed by atoms with E-state index in [2.05, 4.69) is 46.9 Å². The number of halogens is 2. The predicted octanol–water partition coefficient (Wildman–Crippen LogP) is 4.37. The van der Waals surface area contributed by atoms with Gasteiger partial charge in [0.15, 0.2) is 0 Å². The highest BCUT2D eigenvalue weighted by Crippen LogP contribution is 2.25. The summed E-state index contributed by atoms with van der Waals surface area (Å²) < 4.78 is 1.19. The highest BCUT2D eigenvalue weighted by Gasteiger charge is 2.04. The van der Waals surface area contributed by atoms with Crippen molar-refractivity contribution in [3.8, 4) is 0 Å². The largest absolute Gasteiger partial charge is 0.392 e. The van der Waals surface area contributed by atoms with Crippen molar-refractivity contribution in [1.82, 2.24) is 0 Å². The van der Waals surface area contributed by atoms with Crippen molar-refractivity contribution >= 4 is 39.8 Å². The van der Waals surface area contributed by atoms with Gasteiger partial charge in [0, 0.05) is 8.59 Å². The van der Waals surface area contributed by atoms with Crippen LogP contribution < -0.4 is 0 Å². The summed E-state index contributed by atoms with van der Waals surface area (Å²) in [6.45, 7) is 0.0178. The molecule has 0 heterocycles. The molecule has 3 heteroatoms. The maximum absolute atomic E-state index is 9.16. The maximum Gasteiger partial charge on any atom is 0.0621 e. The van der Waals surface area contributed by atoms with Crippen molar-refractivity contribution < 1.29 is 5.11 Å². The van der Waals surface area contributed by atoms with E-state index in [1.54, 1.807) is 0 Å². The fourth-order valence-corrected chi connectivity index (χ4v) is 2.24. The molecule has 0 amide bonds. The average Bonchev–Trinajstić information content (AvgIpc) is 2.39. The minimum absolute atomic E-state index is 0.0178. The van der Waals surface area contributed by atoms with Crippen molar-refractivity contribution in [2.24, 2.45) is 0 Å². The fourth-order valence-electron chi connectivity index (χ4n) is 1.75. The van der Waals surface area contributed by atoms with Gasteiger partial charge in [0.25, 0.3) is 0 Å². The third kappa shape index (κ3) is 3.34. The standard InChI is InChI=1S/C15H12ClIO/c16-13-5-1-11(2-6-13)15(9-10-18)12-3-7-14(17)8-4-12/h1-9,18H,10H2/b15-9-. The summed E-state index contributed by atoms with van der Waals surface area (Å²) in [4.78, 5) is 0. The van der Waals surface area contributed by atoms with E-state index < -0.39 is 0 Å². The van der Waals surface area contributed by atoms with E-state index in [-0.39, 0.29) is 6.61 Å². The molecule has 2 aromatic rings. The quantitative estimate of drug-likeness (QED) is 0.796. The molecule has 0 unspecified atom stereocenters. The van der Waals surface area contributed by atoms with E-state index in [1.807, 2.05) is 30.3 Å². The van der Waals surface area contributed by atoms with E-state index in [0.29, 0.717) is 5.02 Å². The third-order valence-electron chi connectivity index (χ3n) is 2.61. The van der Waals surface area contributed by atoms with E-state index in [0.717, 1.165) is 16.7 Å². The Hall–Kier alpha value is -0.840. The monoisotopic (exact) mass is 370 g/mol. The van der Waals surface area contributed by atoms with Crippen LogP contribution >= 0.6 is 34.2 Å². The Balaban J connectivity index is 2.43. The molecule has 0 radical (unpaired) electrons. The Kier molecular flexibility index (Phi) is 4.80. The zero-order valence-electron chi connectivity index (χ0n) is 9.61. The molecule has 18 heavy (non-hydrogen) atoms. The van der Waals surface area contributed by atoms with Crippen LogP contribution in [0.3, 0.4) is 0 Å². The number of benzene rings is 2. The van der Waals surface area contributed by atoms with Crippen LogP contribution in [0.4, 0.5) is 0 Å². The summed E-state index contributed by atoms with van der Waals surface area (Å²) in [5, 5.41) is 9.88. The minimum Gasteiger partial charge on any atom is -0.392 e. The summed E-state index contributed by atoms with van der Waals surface area (Å²) in [6, 6.07) is 15.8. The molecule has 1 nitrogen and oxygen atoms in total. The zero-order chi connectivity index (χ0) is 13.0. The Labute approximate surface area is 125 Å². The van der Waals surface area contributed by atoms with Gasteiger partial charge in [0.1, 0.15) is 0 Å². The van der Waals surface area contributed by atoms with E-state index >= 15 is 0 Å². The number of rotatable bonds is 3. The number of hydrogen-bond acceptors (Lipinski definition) is 1. The molecule has 0 aliphatic rings. The second-order valence-electron chi connectivity index (χ2n) is 3.81. The van der Waals surface area contributed by atoms with Gasteiger partial charge in [0.05, 0.1) is 6.61 Å². The molecule has 0 aliphatic carbocycles. The molecule has 0 atom stereocenters. The first-order valence-electron chi connectivity index (χ1n) is 5.53. The van der Waals surface area contributed by atoms with Gasteiger partial charge in [-0.05, 0) is 63.6 Å². The zero-order valence-corrected chi connectivity index (χ0v) is 12.5. The van der Waals surface area contributed by atoms with Gasteiger partial charge < -0.3 is 5.11 Å². The molecule has 1 N–H and O–H groups in total. The van der Waals surface area contributed by atoms with Gasteiger partial charge in [-0.1, -0.05) is 41.9 Å². The summed E-state index contributed by atoms with van der Waals surface area (Å²) in [7, 11) is 0. The lowest BCUT2D eigenvalue weighted by Crippen LogP contribution is -1.90. The van der Waals surface area contributed by atoms with Crippen LogP contribution in [0.1, 0.15) is 11.1 Å². The first kappa shape index (κ1) is 13.6. The van der Waals surface area contributed by atoms with Gasteiger partial charge in [-0.25, -0.2) is 0 Å². The van der Waals surface area contributed by atoms with E-state index in [4.69, 9.17) is 16.7 Å². The van der Waals surface area contributed by atoms with Crippen LogP contribution in [0.25, 0.3) is 5.57 Å². The molecule has 92 valence electrons. The molecule has 0 aromatic heterocycles. The average molecular weight is 371 g/mol. The van der Waals surface area contributed by atoms with Crippen molar-refractivity contribution in [2.75, 3.05) is 6.61 Å². The lowest BCUT2D eigenvalue weighted by atomic mass is 9.98. The molecule has 0 saturated heterocycles. The van der Waals surface area contributed by atoms with Crippen LogP contribution in [0.5, 0.6) is 0 Å². The second-order valence-corrected chi connectivity index (χ2v) is 5.50. The molecular formula is C15H12ClIO. The summed E-state index contributed by atoms with van der Waals surface area (Å²) >= 11 is 8.16. The maximum atomic E-state index is 9.16. The smallest absolute Gasteiger partial charge is 0.0621 e. The molecule has 0 aliphatic heterocycles. The SMILES string of the molecule is OC/C=C(/c1ccc(Cl)cc1)c1ccc(I)cc1. The molecule has 0 fully saturated rings. The number of aliphatic hydroxyl groups is 1. The van der Waals surface area contributed by atoms with Crippen LogP contribution in [0.15, 0.2) is 54.6 Å². The summed E-state index contributed by atoms with van der Waals surface area (Å²) in [5.41, 5.74) is 3.16. The lowest BCUT2D eigenvalue weighted by Gasteiger charge is -2.08. The second kappa shape index (κ2) is 6.36. The highest BCUT2D eigenvalue weighted by atomic mass is 127. The van der Waals surface area contributed by atoms with Crippen LogP contribution in [0.2, 0.25) is 5.02 Å². The highest BCUT2D eigenvalue weighted by molar-refractivity contribution is 14.1. The van der Waals surface area contributed by atoms with Crippen LogP contribution in [-0.4, -0.2) is 11.7 Å². The van der Waals surface area contributed by atoms with Crippen LogP contribution in [0, 0.1) is 3.57 Å². The molecular weight excluding hydrogens is 359 g/mol. The van der Waals surface area contributed by atoms with Gasteiger partial charge in [-0.3, -0.25) is 0 Å². The van der Waals surface area contributed by atoms with E-state index in [1.165, 1.54) is 3.57 Å². The lowest BCUT2D eigenvalue weighted by molar-refractivity contribution is 0.343. The predicted molar refractivity (Wildman–Crippen MR) is 84.8 cm³/mol. The van der Waals surface area contributed by atoms with Crippen LogP contribution in [-0.2, 0) is 0 Å². The van der Waals surface area contributed by atoms with Crippen molar-refractivity contribution in [3.63, 3.8) is 0 Å². The Morgan fingerprint density at radius 2 is 1.50 bits per heavy atom. The molecule has 2 rings (SSSR count). The van der Waals surface area contributed by atoms with E-state index in [9.17, 15) is 0 Å². The van der Waals surface area contributed by atoms with Crippen molar-refractivity contribution in [3.05, 3.63) is 74.3 Å². The molecule has 0 saturated carbocycles. The topological polar surface area (TPSA) is 20.2 Å². The van der Waals surface area contributed by atoms with Gasteiger partial charge >= 0.3 is 0 Å². The fraction of sp³-hybridized carbons (Fsp3) is 0.0667. The molecule has 0 spiro atoms. The van der Waals surface area contributed by atoms with Crippen molar-refractivity contribution in [2.45, 2.75) is 0 Å². The summed E-state index contributed by atoms with van der Waals surface area (Å²) in [5.74, 6) is 0. The van der Waals surface area contributed by atoms with Gasteiger partial charge in [-0.2, -0.15) is 0 Å². The third-order valence-corrected chi connectivity index (χ3v) is 3.58. The molecule has 0 bridgehead atoms. The first-order valence-corrected chi connectivity index (χ1v) is 6.99. The Morgan fingerprint density at radius 1 is 1.00 bits per heavy atom. The number of hydrogen-bond donors (Lipinski definition) is 1.